The Morgan fingerprint density at radius 1 is 1.08 bits per heavy atom. The molecule has 38 heavy (non-hydrogen) atoms. The molecule has 0 atom stereocenters. The van der Waals surface area contributed by atoms with Crippen LogP contribution in [0.1, 0.15) is 60.5 Å². The lowest BCUT2D eigenvalue weighted by molar-refractivity contribution is -0.129. The number of nitrogens with zero attached hydrogens (tertiary/aromatic N) is 6. The van der Waals surface area contributed by atoms with Crippen LogP contribution in [0.3, 0.4) is 0 Å². The van der Waals surface area contributed by atoms with Gasteiger partial charge in [0.2, 0.25) is 5.91 Å². The van der Waals surface area contributed by atoms with Gasteiger partial charge in [-0.2, -0.15) is 10.2 Å². The normalized spacial score (nSPS) is 20.3. The van der Waals surface area contributed by atoms with Gasteiger partial charge in [0.05, 0.1) is 32.0 Å². The highest BCUT2D eigenvalue weighted by atomic mass is 16.5. The van der Waals surface area contributed by atoms with E-state index in [-0.39, 0.29) is 5.91 Å². The number of benzene rings is 1. The maximum atomic E-state index is 12.4. The molecule has 0 N–H and O–H groups in total. The maximum absolute atomic E-state index is 12.4. The van der Waals surface area contributed by atoms with Crippen LogP contribution in [0.2, 0.25) is 0 Å². The number of hydrogen-bond acceptors (Lipinski definition) is 6. The van der Waals surface area contributed by atoms with Crippen molar-refractivity contribution in [1.29, 1.82) is 0 Å². The van der Waals surface area contributed by atoms with Crippen molar-refractivity contribution in [3.05, 3.63) is 46.9 Å². The van der Waals surface area contributed by atoms with Gasteiger partial charge in [-0.3, -0.25) is 14.2 Å². The molecule has 4 aliphatic heterocycles. The van der Waals surface area contributed by atoms with E-state index in [2.05, 4.69) is 33.0 Å². The van der Waals surface area contributed by atoms with Crippen LogP contribution >= 0.6 is 0 Å². The highest BCUT2D eigenvalue weighted by molar-refractivity contribution is 5.78. The lowest BCUT2D eigenvalue weighted by Crippen LogP contribution is -2.36. The lowest BCUT2D eigenvalue weighted by atomic mass is 9.86. The van der Waals surface area contributed by atoms with Gasteiger partial charge in [0.15, 0.2) is 5.82 Å². The first kappa shape index (κ1) is 23.9. The van der Waals surface area contributed by atoms with Crippen molar-refractivity contribution in [2.75, 3.05) is 44.4 Å². The first-order valence-electron chi connectivity index (χ1n) is 14.0. The van der Waals surface area contributed by atoms with Gasteiger partial charge in [-0.25, -0.2) is 0 Å². The molecule has 1 amide bonds. The second-order valence-electron chi connectivity index (χ2n) is 11.2. The number of carbonyl (C=O) groups is 1. The molecule has 2 saturated heterocycles. The largest absolute Gasteiger partial charge is 0.381 e. The Morgan fingerprint density at radius 2 is 1.92 bits per heavy atom. The van der Waals surface area contributed by atoms with E-state index in [0.717, 1.165) is 83.0 Å². The van der Waals surface area contributed by atoms with E-state index < -0.39 is 0 Å². The third-order valence-corrected chi connectivity index (χ3v) is 8.77. The molecule has 0 spiro atoms. The van der Waals surface area contributed by atoms with Gasteiger partial charge in [-0.15, -0.1) is 0 Å². The topological polar surface area (TPSA) is 77.7 Å². The lowest BCUT2D eigenvalue weighted by Gasteiger charge is -2.35. The van der Waals surface area contributed by atoms with Crippen molar-refractivity contribution in [1.82, 2.24) is 24.5 Å². The summed E-state index contributed by atoms with van der Waals surface area (Å²) in [6.45, 7) is 7.07. The summed E-state index contributed by atoms with van der Waals surface area (Å²) >= 11 is 0. The van der Waals surface area contributed by atoms with Crippen LogP contribution in [0, 0.1) is 0 Å². The number of fused-ring (bicyclic) bond motifs is 2. The molecule has 0 bridgehead atoms. The molecular weight excluding hydrogens is 480 g/mol. The smallest absolute Gasteiger partial charge is 0.219 e. The first-order valence-corrected chi connectivity index (χ1v) is 14.0. The molecule has 7 rings (SSSR count). The molecule has 6 heterocycles. The fourth-order valence-electron chi connectivity index (χ4n) is 6.58. The molecule has 2 fully saturated rings. The summed E-state index contributed by atoms with van der Waals surface area (Å²) in [7, 11) is 1.97. The van der Waals surface area contributed by atoms with Gasteiger partial charge in [0.25, 0.3) is 0 Å². The van der Waals surface area contributed by atoms with E-state index in [1.54, 1.807) is 6.92 Å². The minimum absolute atomic E-state index is 0.132. The van der Waals surface area contributed by atoms with Crippen LogP contribution in [0.5, 0.6) is 0 Å². The molecular formula is C29H36N6O3. The van der Waals surface area contributed by atoms with Gasteiger partial charge in [0, 0.05) is 81.3 Å². The zero-order valence-electron chi connectivity index (χ0n) is 22.4. The molecule has 4 aliphatic rings. The summed E-state index contributed by atoms with van der Waals surface area (Å²) in [6, 6.07) is 5.14. The SMILES string of the molecule is CC(=O)N1CCc2c(c(N3CCCc4cc(-c5cnn(C)c5)c(C5COC5)cc43)nn2C2CCOCC2)C1. The van der Waals surface area contributed by atoms with Crippen LogP contribution in [0.4, 0.5) is 11.5 Å². The predicted octanol–water partition coefficient (Wildman–Crippen LogP) is 3.74. The van der Waals surface area contributed by atoms with E-state index >= 15 is 0 Å². The number of rotatable bonds is 4. The van der Waals surface area contributed by atoms with Gasteiger partial charge < -0.3 is 19.3 Å². The predicted molar refractivity (Wildman–Crippen MR) is 144 cm³/mol. The standard InChI is InChI=1S/C29H36N6O3/c1-19(36)33-9-5-27-26(16-33)29(31-35(27)23-6-10-37-11-7-23)34-8-3-4-20-12-24(21-14-30-32(2)15-21)25(13-28(20)34)22-17-38-18-22/h12-15,22-23H,3-11,16-18H2,1-2H3. The highest BCUT2D eigenvalue weighted by Gasteiger charge is 2.34. The summed E-state index contributed by atoms with van der Waals surface area (Å²) < 4.78 is 15.5. The Morgan fingerprint density at radius 3 is 2.63 bits per heavy atom. The van der Waals surface area contributed by atoms with Gasteiger partial charge in [-0.1, -0.05) is 0 Å². The maximum Gasteiger partial charge on any atom is 0.219 e. The summed E-state index contributed by atoms with van der Waals surface area (Å²) in [4.78, 5) is 16.8. The average molecular weight is 517 g/mol. The van der Waals surface area contributed by atoms with Crippen molar-refractivity contribution >= 4 is 17.4 Å². The summed E-state index contributed by atoms with van der Waals surface area (Å²) in [5.74, 6) is 1.55. The monoisotopic (exact) mass is 516 g/mol. The average Bonchev–Trinajstić information content (AvgIpc) is 3.51. The Labute approximate surface area is 223 Å². The molecule has 0 aliphatic carbocycles. The zero-order chi connectivity index (χ0) is 25.8. The molecule has 0 unspecified atom stereocenters. The minimum atomic E-state index is 0.132. The Balaban J connectivity index is 1.35. The number of carbonyl (C=O) groups excluding carboxylic acids is 1. The number of aryl methyl sites for hydroxylation is 2. The Kier molecular flexibility index (Phi) is 6.00. The molecule has 9 nitrogen and oxygen atoms in total. The van der Waals surface area contributed by atoms with Crippen molar-refractivity contribution < 1.29 is 14.3 Å². The van der Waals surface area contributed by atoms with Crippen LogP contribution in [0.25, 0.3) is 11.1 Å². The summed E-state index contributed by atoms with van der Waals surface area (Å²) in [5.41, 5.74) is 8.89. The zero-order valence-corrected chi connectivity index (χ0v) is 22.4. The van der Waals surface area contributed by atoms with Crippen LogP contribution in [-0.2, 0) is 40.7 Å². The molecule has 3 aromatic rings. The van der Waals surface area contributed by atoms with E-state index in [1.165, 1.54) is 33.6 Å². The van der Waals surface area contributed by atoms with E-state index in [9.17, 15) is 4.79 Å². The fraction of sp³-hybridized carbons (Fsp3) is 0.552. The van der Waals surface area contributed by atoms with Crippen LogP contribution < -0.4 is 4.90 Å². The number of ether oxygens (including phenoxy) is 2. The summed E-state index contributed by atoms with van der Waals surface area (Å²) in [6.07, 6.45) is 9.01. The van der Waals surface area contributed by atoms with E-state index in [1.807, 2.05) is 22.8 Å². The van der Waals surface area contributed by atoms with Gasteiger partial charge >= 0.3 is 0 Å². The van der Waals surface area contributed by atoms with Gasteiger partial charge in [0.1, 0.15) is 0 Å². The second-order valence-corrected chi connectivity index (χ2v) is 11.2. The van der Waals surface area contributed by atoms with Crippen LogP contribution in [-0.4, -0.2) is 69.9 Å². The quantitative estimate of drug-likeness (QED) is 0.526. The molecule has 200 valence electrons. The third-order valence-electron chi connectivity index (χ3n) is 8.77. The second kappa shape index (κ2) is 9.54. The van der Waals surface area contributed by atoms with Crippen molar-refractivity contribution in [2.45, 2.75) is 57.5 Å². The molecule has 1 aromatic carbocycles. The number of amides is 1. The number of aromatic nitrogens is 4. The Hall–Kier alpha value is -3.17. The van der Waals surface area contributed by atoms with E-state index in [0.29, 0.717) is 18.5 Å². The van der Waals surface area contributed by atoms with Crippen molar-refractivity contribution in [3.8, 4) is 11.1 Å². The molecule has 0 radical (unpaired) electrons. The van der Waals surface area contributed by atoms with Crippen LogP contribution in [0.15, 0.2) is 24.5 Å². The fourth-order valence-corrected chi connectivity index (χ4v) is 6.58. The first-order chi connectivity index (χ1) is 18.6. The van der Waals surface area contributed by atoms with E-state index in [4.69, 9.17) is 14.6 Å². The molecule has 0 saturated carbocycles. The van der Waals surface area contributed by atoms with Gasteiger partial charge in [-0.05, 0) is 54.5 Å². The highest BCUT2D eigenvalue weighted by Crippen LogP contribution is 2.44. The van der Waals surface area contributed by atoms with Crippen molar-refractivity contribution in [2.24, 2.45) is 7.05 Å². The summed E-state index contributed by atoms with van der Waals surface area (Å²) in [5, 5.41) is 9.79. The molecule has 2 aromatic heterocycles. The number of anilines is 2. The Bertz CT molecular complexity index is 1370. The third kappa shape index (κ3) is 4.03. The minimum Gasteiger partial charge on any atom is -0.381 e. The number of hydrogen-bond donors (Lipinski definition) is 0. The molecule has 9 heteroatoms. The van der Waals surface area contributed by atoms with Crippen molar-refractivity contribution in [3.63, 3.8) is 0 Å².